The Morgan fingerprint density at radius 2 is 0.536 bits per heavy atom. The maximum Gasteiger partial charge on any atom is 0.239 e. The van der Waals surface area contributed by atoms with Gasteiger partial charge in [0.1, 0.15) is 35.8 Å². The monoisotopic (exact) mass is 1360 g/mol. The van der Waals surface area contributed by atoms with Crippen molar-refractivity contribution in [1.29, 1.82) is 0 Å². The largest absolute Gasteiger partial charge is 0.473 e. The van der Waals surface area contributed by atoms with E-state index < -0.39 is 0 Å². The average molecular weight is 1360 g/mol. The molecule has 0 radical (unpaired) electrons. The van der Waals surface area contributed by atoms with Crippen molar-refractivity contribution in [3.05, 3.63) is 35.7 Å². The lowest BCUT2D eigenvalue weighted by molar-refractivity contribution is -0.255. The minimum Gasteiger partial charge on any atom is -0.473 e. The molecule has 0 bridgehead atoms. The number of piperidine rings is 6. The molecule has 6 saturated heterocycles. The van der Waals surface area contributed by atoms with Crippen LogP contribution < -0.4 is 26.9 Å². The summed E-state index contributed by atoms with van der Waals surface area (Å²) in [6.07, 6.45) is 15.3. The van der Waals surface area contributed by atoms with Crippen molar-refractivity contribution in [3.8, 4) is 0 Å². The summed E-state index contributed by atoms with van der Waals surface area (Å²) in [5, 5.41) is 27.4. The van der Waals surface area contributed by atoms with Crippen LogP contribution in [-0.2, 0) is 28.7 Å². The summed E-state index contributed by atoms with van der Waals surface area (Å²) >= 11 is 0. The van der Waals surface area contributed by atoms with Gasteiger partial charge in [0.05, 0.1) is 18.3 Å². The normalized spacial score (nSPS) is 28.7. The van der Waals surface area contributed by atoms with Crippen molar-refractivity contribution in [1.82, 2.24) is 77.1 Å². The molecular formula is C73H136N18O6. The topological polar surface area (TPSA) is 185 Å². The molecule has 0 spiro atoms. The van der Waals surface area contributed by atoms with Crippen molar-refractivity contribution in [3.63, 3.8) is 0 Å². The zero-order valence-electron chi connectivity index (χ0n) is 66.3. The molecule has 9 aliphatic rings. The molecule has 5 N–H and O–H groups in total. The van der Waals surface area contributed by atoms with E-state index >= 15 is 0 Å². The first-order valence-corrected chi connectivity index (χ1v) is 36.6. The maximum absolute atomic E-state index is 7.15. The molecule has 0 aromatic rings. The number of likely N-dealkylation sites (tertiary alicyclic amines) is 6. The minimum absolute atomic E-state index is 0.0732. The molecule has 554 valence electrons. The van der Waals surface area contributed by atoms with Gasteiger partial charge in [-0.15, -0.1) is 0 Å². The molecule has 0 aromatic carbocycles. The van der Waals surface area contributed by atoms with Gasteiger partial charge in [0.15, 0.2) is 0 Å². The van der Waals surface area contributed by atoms with E-state index in [0.29, 0.717) is 55.5 Å². The summed E-state index contributed by atoms with van der Waals surface area (Å²) in [4.78, 5) is 38.0. The zero-order chi connectivity index (χ0) is 72.0. The van der Waals surface area contributed by atoms with E-state index in [1.165, 1.54) is 10.6 Å². The van der Waals surface area contributed by atoms with Crippen molar-refractivity contribution in [2.45, 2.75) is 346 Å². The second-order valence-corrected chi connectivity index (χ2v) is 37.9. The number of ether oxygens (including phenoxy) is 3. The molecule has 9 rings (SSSR count). The van der Waals surface area contributed by atoms with Crippen LogP contribution in [0, 0.1) is 0 Å². The number of hydrazine groups is 3. The molecule has 0 saturated carbocycles. The Morgan fingerprint density at radius 3 is 0.773 bits per heavy atom. The first-order chi connectivity index (χ1) is 44.3. The molecule has 0 amide bonds. The van der Waals surface area contributed by atoms with Gasteiger partial charge in [-0.2, -0.15) is 0 Å². The SMILES string of the molecule is CN1C(C)(C)CC(OC2=NN(OC3CC(C)(C)N(C)C(C)(C)C3)NC(NCCN(CCNC3=CC(OC4CC(C)(C)N(C)C(C)(C)C4)=NN(OC4CC(C)(C)N(C)C(C)(C)C4)N3)C3=CC(OC4CC(C)(C)N(C)C(C)(C)C4)=NN(OC4CC(C)(C)N(C)C(C)(C)C4)N3)=C2)CC1(C)C. The lowest BCUT2D eigenvalue weighted by atomic mass is 9.79. The van der Waals surface area contributed by atoms with Crippen molar-refractivity contribution < 1.29 is 28.7 Å². The molecule has 0 aliphatic carbocycles. The van der Waals surface area contributed by atoms with Crippen LogP contribution in [-0.4, -0.2) is 239 Å². The molecule has 6 fully saturated rings. The third-order valence-corrected chi connectivity index (χ3v) is 25.0. The van der Waals surface area contributed by atoms with Crippen LogP contribution in [0.25, 0.3) is 0 Å². The summed E-state index contributed by atoms with van der Waals surface area (Å²) < 4.78 is 21.1. The highest BCUT2D eigenvalue weighted by Crippen LogP contribution is 2.45. The van der Waals surface area contributed by atoms with Crippen LogP contribution in [0.5, 0.6) is 0 Å². The Labute approximate surface area is 586 Å². The second kappa shape index (κ2) is 27.0. The van der Waals surface area contributed by atoms with E-state index in [4.69, 9.17) is 44.0 Å². The highest BCUT2D eigenvalue weighted by atomic mass is 16.8. The summed E-state index contributed by atoms with van der Waals surface area (Å²) in [7, 11) is 13.3. The molecule has 97 heavy (non-hydrogen) atoms. The third-order valence-electron chi connectivity index (χ3n) is 25.0. The minimum atomic E-state index is -0.146. The van der Waals surface area contributed by atoms with Gasteiger partial charge in [0.25, 0.3) is 0 Å². The van der Waals surface area contributed by atoms with Crippen molar-refractivity contribution in [2.24, 2.45) is 15.3 Å². The molecule has 0 aromatic heterocycles. The smallest absolute Gasteiger partial charge is 0.239 e. The van der Waals surface area contributed by atoms with Crippen LogP contribution in [0.4, 0.5) is 0 Å². The highest BCUT2D eigenvalue weighted by Gasteiger charge is 2.51. The fourth-order valence-electron chi connectivity index (χ4n) is 18.0. The fourth-order valence-corrected chi connectivity index (χ4v) is 18.0. The molecule has 9 heterocycles. The van der Waals surface area contributed by atoms with Gasteiger partial charge in [-0.3, -0.25) is 29.4 Å². The third kappa shape index (κ3) is 17.7. The van der Waals surface area contributed by atoms with E-state index in [1.54, 1.807) is 5.28 Å². The second-order valence-electron chi connectivity index (χ2n) is 37.9. The van der Waals surface area contributed by atoms with Crippen LogP contribution in [0.3, 0.4) is 0 Å². The molecule has 0 unspecified atom stereocenters. The van der Waals surface area contributed by atoms with Gasteiger partial charge in [-0.25, -0.2) is 30.8 Å². The molecule has 24 nitrogen and oxygen atoms in total. The summed E-state index contributed by atoms with van der Waals surface area (Å²) in [6, 6.07) is 0. The molecule has 0 atom stereocenters. The number of hydrogen-bond donors (Lipinski definition) is 5. The number of nitrogens with one attached hydrogen (secondary N) is 5. The van der Waals surface area contributed by atoms with E-state index in [0.717, 1.165) is 82.9 Å². The maximum atomic E-state index is 7.15. The van der Waals surface area contributed by atoms with Crippen LogP contribution >= 0.6 is 0 Å². The molecule has 9 aliphatic heterocycles. The van der Waals surface area contributed by atoms with E-state index in [1.807, 2.05) is 18.2 Å². The predicted molar refractivity (Wildman–Crippen MR) is 389 cm³/mol. The quantitative estimate of drug-likeness (QED) is 0.0872. The fraction of sp³-hybridized carbons (Fsp3) is 0.877. The number of nitrogens with zero attached hydrogens (tertiary/aromatic N) is 13. The standard InChI is InChI=1S/C73H136N18O6/c1-62(2)38-50(39-63(3,4)82(62)25)92-59-35-56(76-89(79-59)95-53-44-68(13,14)85(28)69(15,16)45-53)74-31-33-88(58-37-61(94-52-42-66(9,10)84(27)67(11,12)43-52)81-91(78-58)97-55-48-72(21,22)87(30)73(23,24)49-55)34-32-75-57-36-60(93-51-40-64(5,6)83(26)65(7,8)41-51)80-90(77-57)96-54-46-70(17,18)86(29)71(19,20)47-54/h35-37,50-55,74-78H,31-34,38-49H2,1-30H3. The summed E-state index contributed by atoms with van der Waals surface area (Å²) in [5.41, 5.74) is 9.43. The van der Waals surface area contributed by atoms with Gasteiger partial charge in [0, 0.05) is 149 Å². The average Bonchev–Trinajstić information content (AvgIpc) is 0.826. The van der Waals surface area contributed by atoms with Crippen LogP contribution in [0.2, 0.25) is 0 Å². The highest BCUT2D eigenvalue weighted by molar-refractivity contribution is 5.89. The summed E-state index contributed by atoms with van der Waals surface area (Å²) in [6.45, 7) is 57.2. The molecular weight excluding hydrogens is 1220 g/mol. The summed E-state index contributed by atoms with van der Waals surface area (Å²) in [5.74, 6) is 3.65. The first-order valence-electron chi connectivity index (χ1n) is 36.6. The number of hydrogen-bond acceptors (Lipinski definition) is 24. The lowest BCUT2D eigenvalue weighted by Crippen LogP contribution is -2.61. The lowest BCUT2D eigenvalue weighted by Gasteiger charge is -2.53. The van der Waals surface area contributed by atoms with Gasteiger partial charge in [-0.05, 0) is 247 Å². The first kappa shape index (κ1) is 76.6. The van der Waals surface area contributed by atoms with Gasteiger partial charge in [-0.1, -0.05) is 31.1 Å². The Balaban J connectivity index is 1.03. The Hall–Kier alpha value is -4.53. The van der Waals surface area contributed by atoms with E-state index in [-0.39, 0.29) is 103 Å². The number of hydrazone groups is 3. The van der Waals surface area contributed by atoms with Crippen LogP contribution in [0.15, 0.2) is 51.0 Å². The van der Waals surface area contributed by atoms with Gasteiger partial charge in [0.2, 0.25) is 17.7 Å². The Bertz CT molecular complexity index is 2740. The van der Waals surface area contributed by atoms with E-state index in [9.17, 15) is 0 Å². The van der Waals surface area contributed by atoms with Crippen LogP contribution in [0.1, 0.15) is 243 Å². The van der Waals surface area contributed by atoms with Gasteiger partial charge >= 0.3 is 0 Å². The van der Waals surface area contributed by atoms with E-state index in [2.05, 4.69) is 270 Å². The number of rotatable bonds is 18. The Morgan fingerprint density at radius 1 is 0.330 bits per heavy atom. The predicted octanol–water partition coefficient (Wildman–Crippen LogP) is 10.1. The van der Waals surface area contributed by atoms with Crippen molar-refractivity contribution in [2.75, 3.05) is 68.5 Å². The zero-order valence-corrected chi connectivity index (χ0v) is 66.3. The Kier molecular flexibility index (Phi) is 21.3. The molecule has 24 heteroatoms. The van der Waals surface area contributed by atoms with Gasteiger partial charge < -0.3 is 29.7 Å². The van der Waals surface area contributed by atoms with Crippen molar-refractivity contribution >= 4 is 17.7 Å².